The molecule has 106 valence electrons. The summed E-state index contributed by atoms with van der Waals surface area (Å²) >= 11 is 0. The fraction of sp³-hybridized carbons (Fsp3) is 0.167. The van der Waals surface area contributed by atoms with Crippen LogP contribution < -0.4 is 5.73 Å². The van der Waals surface area contributed by atoms with Crippen molar-refractivity contribution in [1.29, 1.82) is 0 Å². The molecule has 0 aliphatic carbocycles. The van der Waals surface area contributed by atoms with Crippen LogP contribution in [0.3, 0.4) is 0 Å². The number of aromatic nitrogens is 1. The summed E-state index contributed by atoms with van der Waals surface area (Å²) in [4.78, 5) is 0. The van der Waals surface area contributed by atoms with E-state index >= 15 is 0 Å². The van der Waals surface area contributed by atoms with Gasteiger partial charge in [-0.1, -0.05) is 59.3 Å². The third kappa shape index (κ3) is 2.60. The Kier molecular flexibility index (Phi) is 3.59. The number of hydrogen-bond acceptors (Lipinski definition) is 3. The van der Waals surface area contributed by atoms with Crippen molar-refractivity contribution in [2.24, 2.45) is 5.73 Å². The van der Waals surface area contributed by atoms with Gasteiger partial charge in [-0.2, -0.15) is 0 Å². The van der Waals surface area contributed by atoms with Gasteiger partial charge in [0.1, 0.15) is 0 Å². The quantitative estimate of drug-likeness (QED) is 0.785. The van der Waals surface area contributed by atoms with Gasteiger partial charge in [-0.05, 0) is 25.0 Å². The summed E-state index contributed by atoms with van der Waals surface area (Å²) in [6.07, 6.45) is 0. The second kappa shape index (κ2) is 5.54. The van der Waals surface area contributed by atoms with Gasteiger partial charge in [-0.3, -0.25) is 0 Å². The first-order chi connectivity index (χ1) is 10.2. The van der Waals surface area contributed by atoms with Gasteiger partial charge in [0.05, 0.1) is 5.69 Å². The number of aryl methyl sites for hydroxylation is 2. The lowest BCUT2D eigenvalue weighted by molar-refractivity contribution is 0.426. The van der Waals surface area contributed by atoms with Gasteiger partial charge in [0.2, 0.25) is 0 Å². The molecule has 1 heterocycles. The summed E-state index contributed by atoms with van der Waals surface area (Å²) in [7, 11) is 0. The van der Waals surface area contributed by atoms with Crippen molar-refractivity contribution < 1.29 is 4.52 Å². The molecule has 0 bridgehead atoms. The highest BCUT2D eigenvalue weighted by molar-refractivity contribution is 5.69. The fourth-order valence-electron chi connectivity index (χ4n) is 2.42. The maximum Gasteiger partial charge on any atom is 0.171 e. The summed E-state index contributed by atoms with van der Waals surface area (Å²) in [6, 6.07) is 16.8. The van der Waals surface area contributed by atoms with E-state index in [2.05, 4.69) is 48.5 Å². The van der Waals surface area contributed by atoms with E-state index in [1.165, 1.54) is 16.7 Å². The van der Waals surface area contributed by atoms with E-state index in [-0.39, 0.29) is 0 Å². The number of rotatable bonds is 3. The number of nitrogens with zero attached hydrogens (tertiary/aromatic N) is 1. The van der Waals surface area contributed by atoms with E-state index < -0.39 is 0 Å². The summed E-state index contributed by atoms with van der Waals surface area (Å²) in [5.41, 5.74) is 12.3. The predicted molar refractivity (Wildman–Crippen MR) is 84.7 cm³/mol. The zero-order valence-corrected chi connectivity index (χ0v) is 12.3. The molecule has 0 amide bonds. The lowest BCUT2D eigenvalue weighted by Gasteiger charge is -2.04. The fourth-order valence-corrected chi connectivity index (χ4v) is 2.42. The third-order valence-corrected chi connectivity index (χ3v) is 3.72. The Balaban J connectivity index is 1.95. The number of hydrogen-bond donors (Lipinski definition) is 1. The molecule has 2 aromatic carbocycles. The molecule has 3 rings (SSSR count). The molecule has 3 nitrogen and oxygen atoms in total. The number of nitrogens with two attached hydrogens (primary N) is 1. The van der Waals surface area contributed by atoms with Gasteiger partial charge in [-0.25, -0.2) is 0 Å². The Morgan fingerprint density at radius 2 is 1.38 bits per heavy atom. The lowest BCUT2D eigenvalue weighted by atomic mass is 10.0. The van der Waals surface area contributed by atoms with Crippen LogP contribution in [0.15, 0.2) is 53.1 Å². The van der Waals surface area contributed by atoms with E-state index in [0.717, 1.165) is 22.6 Å². The molecule has 0 radical (unpaired) electrons. The molecule has 0 aliphatic heterocycles. The highest BCUT2D eigenvalue weighted by atomic mass is 16.5. The van der Waals surface area contributed by atoms with Gasteiger partial charge in [0.25, 0.3) is 0 Å². The normalized spacial score (nSPS) is 10.8. The maximum absolute atomic E-state index is 5.77. The average Bonchev–Trinajstić information content (AvgIpc) is 2.89. The number of benzene rings is 2. The van der Waals surface area contributed by atoms with E-state index in [1.54, 1.807) is 0 Å². The molecule has 0 saturated carbocycles. The first-order valence-corrected chi connectivity index (χ1v) is 7.01. The Morgan fingerprint density at radius 1 is 0.857 bits per heavy atom. The first kappa shape index (κ1) is 13.6. The summed E-state index contributed by atoms with van der Waals surface area (Å²) in [6.45, 7) is 4.44. The molecular formula is C18H18N2O. The molecule has 3 aromatic rings. The van der Waals surface area contributed by atoms with Gasteiger partial charge in [0.15, 0.2) is 5.76 Å². The molecular weight excluding hydrogens is 260 g/mol. The smallest absolute Gasteiger partial charge is 0.171 e. The van der Waals surface area contributed by atoms with Crippen molar-refractivity contribution in [3.05, 3.63) is 65.4 Å². The van der Waals surface area contributed by atoms with Crippen molar-refractivity contribution in [1.82, 2.24) is 5.16 Å². The van der Waals surface area contributed by atoms with Crippen molar-refractivity contribution in [2.75, 3.05) is 0 Å². The summed E-state index contributed by atoms with van der Waals surface area (Å²) in [5.74, 6) is 0.769. The molecule has 21 heavy (non-hydrogen) atoms. The average molecular weight is 278 g/mol. The topological polar surface area (TPSA) is 52.0 Å². The highest BCUT2D eigenvalue weighted by Crippen LogP contribution is 2.28. The Bertz CT molecular complexity index is 740. The van der Waals surface area contributed by atoms with Gasteiger partial charge in [0, 0.05) is 17.7 Å². The van der Waals surface area contributed by atoms with Crippen LogP contribution >= 0.6 is 0 Å². The molecule has 0 fully saturated rings. The van der Waals surface area contributed by atoms with Crippen LogP contribution in [0.1, 0.15) is 16.8 Å². The summed E-state index contributed by atoms with van der Waals surface area (Å²) < 4.78 is 5.40. The van der Waals surface area contributed by atoms with E-state index in [1.807, 2.05) is 19.1 Å². The van der Waals surface area contributed by atoms with Crippen LogP contribution in [-0.2, 0) is 6.54 Å². The van der Waals surface area contributed by atoms with Crippen LogP contribution in [0.5, 0.6) is 0 Å². The third-order valence-electron chi connectivity index (χ3n) is 3.72. The van der Waals surface area contributed by atoms with Gasteiger partial charge >= 0.3 is 0 Å². The maximum atomic E-state index is 5.77. The summed E-state index contributed by atoms with van der Waals surface area (Å²) in [5, 5.41) is 4.00. The van der Waals surface area contributed by atoms with Crippen molar-refractivity contribution >= 4 is 0 Å². The molecule has 3 heteroatoms. The Morgan fingerprint density at radius 3 is 1.95 bits per heavy atom. The molecule has 1 aromatic heterocycles. The SMILES string of the molecule is Cc1ccc(-c2ccc(-c3onc(C)c3CN)cc2)cc1. The second-order valence-electron chi connectivity index (χ2n) is 5.22. The van der Waals surface area contributed by atoms with Crippen molar-refractivity contribution in [3.8, 4) is 22.5 Å². The van der Waals surface area contributed by atoms with Crippen LogP contribution in [0.4, 0.5) is 0 Å². The molecule has 0 spiro atoms. The first-order valence-electron chi connectivity index (χ1n) is 7.01. The molecule has 0 unspecified atom stereocenters. The minimum Gasteiger partial charge on any atom is -0.356 e. The Labute approximate surface area is 124 Å². The Hall–Kier alpha value is -2.39. The minimum absolute atomic E-state index is 0.435. The molecule has 0 saturated heterocycles. The molecule has 0 atom stereocenters. The predicted octanol–water partition coefficient (Wildman–Crippen LogP) is 4.08. The van der Waals surface area contributed by atoms with E-state index in [0.29, 0.717) is 6.54 Å². The standard InChI is InChI=1S/C18H18N2O/c1-12-3-5-14(6-4-12)15-7-9-16(10-8-15)18-17(11-19)13(2)20-21-18/h3-10H,11,19H2,1-2H3. The van der Waals surface area contributed by atoms with Crippen LogP contribution in [0.2, 0.25) is 0 Å². The van der Waals surface area contributed by atoms with Gasteiger partial charge < -0.3 is 10.3 Å². The van der Waals surface area contributed by atoms with Crippen LogP contribution in [0, 0.1) is 13.8 Å². The van der Waals surface area contributed by atoms with Crippen LogP contribution in [0.25, 0.3) is 22.5 Å². The largest absolute Gasteiger partial charge is 0.356 e. The van der Waals surface area contributed by atoms with E-state index in [9.17, 15) is 0 Å². The van der Waals surface area contributed by atoms with E-state index in [4.69, 9.17) is 10.3 Å². The second-order valence-corrected chi connectivity index (χ2v) is 5.22. The lowest BCUT2D eigenvalue weighted by Crippen LogP contribution is -1.98. The van der Waals surface area contributed by atoms with Crippen LogP contribution in [-0.4, -0.2) is 5.16 Å². The molecule has 0 aliphatic rings. The van der Waals surface area contributed by atoms with Crippen molar-refractivity contribution in [3.63, 3.8) is 0 Å². The highest BCUT2D eigenvalue weighted by Gasteiger charge is 2.13. The molecule has 2 N–H and O–H groups in total. The zero-order valence-electron chi connectivity index (χ0n) is 12.3. The van der Waals surface area contributed by atoms with Gasteiger partial charge in [-0.15, -0.1) is 0 Å². The zero-order chi connectivity index (χ0) is 14.8. The monoisotopic (exact) mass is 278 g/mol. The van der Waals surface area contributed by atoms with Crippen molar-refractivity contribution in [2.45, 2.75) is 20.4 Å². The minimum atomic E-state index is 0.435.